The Morgan fingerprint density at radius 1 is 1.16 bits per heavy atom. The molecule has 1 atom stereocenters. The number of halogens is 1. The van der Waals surface area contributed by atoms with Crippen LogP contribution in [0.2, 0.25) is 5.02 Å². The Bertz CT molecular complexity index is 1030. The predicted octanol–water partition coefficient (Wildman–Crippen LogP) is 4.92. The third kappa shape index (κ3) is 5.49. The summed E-state index contributed by atoms with van der Waals surface area (Å²) in [5.74, 6) is 0.352. The predicted molar refractivity (Wildman–Crippen MR) is 127 cm³/mol. The number of benzene rings is 2. The highest BCUT2D eigenvalue weighted by atomic mass is 35.5. The molecule has 0 saturated heterocycles. The van der Waals surface area contributed by atoms with E-state index >= 15 is 0 Å². The number of carbonyl (C=O) groups is 2. The first-order valence-electron chi connectivity index (χ1n) is 10.6. The first-order chi connectivity index (χ1) is 15.1. The molecule has 0 bridgehead atoms. The van der Waals surface area contributed by atoms with Gasteiger partial charge in [-0.15, -0.1) is 0 Å². The normalized spacial score (nSPS) is 16.0. The van der Waals surface area contributed by atoms with Gasteiger partial charge in [0.1, 0.15) is 12.3 Å². The van der Waals surface area contributed by atoms with Crippen LogP contribution in [0.5, 0.6) is 5.75 Å². The van der Waals surface area contributed by atoms with Gasteiger partial charge in [-0.3, -0.25) is 9.59 Å². The topological polar surface area (TPSA) is 62.2 Å². The minimum atomic E-state index is -0.351. The molecule has 1 aliphatic heterocycles. The van der Waals surface area contributed by atoms with E-state index in [4.69, 9.17) is 16.3 Å². The van der Waals surface area contributed by atoms with Gasteiger partial charge in [-0.25, -0.2) is 5.01 Å². The van der Waals surface area contributed by atoms with Crippen LogP contribution in [0.3, 0.4) is 0 Å². The summed E-state index contributed by atoms with van der Waals surface area (Å²) in [5.41, 5.74) is 2.22. The van der Waals surface area contributed by atoms with Gasteiger partial charge in [0.05, 0.1) is 18.9 Å². The second-order valence-electron chi connectivity index (χ2n) is 9.21. The van der Waals surface area contributed by atoms with E-state index < -0.39 is 0 Å². The van der Waals surface area contributed by atoms with Crippen molar-refractivity contribution in [1.29, 1.82) is 0 Å². The standard InChI is InChI=1S/C25H30ClN3O3/c1-25(2,3)15-23(30)28(4)16-24(31)29-21(18-11-7-9-13-22(18)32-5)14-20(27-29)17-10-6-8-12-19(17)26/h6-13,21H,14-16H2,1-5H3/t21-/m1/s1. The number of rotatable bonds is 6. The van der Waals surface area contributed by atoms with Crippen LogP contribution in [0.15, 0.2) is 53.6 Å². The smallest absolute Gasteiger partial charge is 0.262 e. The van der Waals surface area contributed by atoms with E-state index in [0.29, 0.717) is 23.6 Å². The highest BCUT2D eigenvalue weighted by molar-refractivity contribution is 6.34. The van der Waals surface area contributed by atoms with Crippen molar-refractivity contribution in [3.05, 3.63) is 64.7 Å². The summed E-state index contributed by atoms with van der Waals surface area (Å²) in [7, 11) is 3.26. The molecular formula is C25H30ClN3O3. The molecule has 2 aromatic rings. The largest absolute Gasteiger partial charge is 0.496 e. The quantitative estimate of drug-likeness (QED) is 0.621. The molecule has 0 fully saturated rings. The van der Waals surface area contributed by atoms with E-state index in [-0.39, 0.29) is 29.8 Å². The summed E-state index contributed by atoms with van der Waals surface area (Å²) >= 11 is 6.41. The van der Waals surface area contributed by atoms with E-state index in [0.717, 1.165) is 16.8 Å². The van der Waals surface area contributed by atoms with Crippen molar-refractivity contribution in [2.45, 2.75) is 39.7 Å². The number of ether oxygens (including phenoxy) is 1. The van der Waals surface area contributed by atoms with Gasteiger partial charge in [0.2, 0.25) is 5.91 Å². The van der Waals surface area contributed by atoms with Crippen LogP contribution < -0.4 is 4.74 Å². The van der Waals surface area contributed by atoms with Crippen LogP contribution in [0, 0.1) is 5.41 Å². The molecule has 0 aliphatic carbocycles. The van der Waals surface area contributed by atoms with Gasteiger partial charge in [-0.1, -0.05) is 68.8 Å². The summed E-state index contributed by atoms with van der Waals surface area (Å²) in [6, 6.07) is 14.7. The maximum Gasteiger partial charge on any atom is 0.262 e. The van der Waals surface area contributed by atoms with Gasteiger partial charge in [0, 0.05) is 36.0 Å². The molecule has 0 N–H and O–H groups in total. The van der Waals surface area contributed by atoms with Crippen molar-refractivity contribution < 1.29 is 14.3 Å². The van der Waals surface area contributed by atoms with Crippen LogP contribution in [-0.4, -0.2) is 48.1 Å². The molecule has 170 valence electrons. The fourth-order valence-corrected chi connectivity index (χ4v) is 3.98. The van der Waals surface area contributed by atoms with E-state index in [1.54, 1.807) is 20.2 Å². The average Bonchev–Trinajstić information content (AvgIpc) is 3.18. The molecule has 1 aliphatic rings. The fraction of sp³-hybridized carbons (Fsp3) is 0.400. The first kappa shape index (κ1) is 23.8. The molecule has 0 saturated carbocycles. The van der Waals surface area contributed by atoms with Gasteiger partial charge >= 0.3 is 0 Å². The third-order valence-electron chi connectivity index (χ3n) is 5.33. The molecule has 0 radical (unpaired) electrons. The number of amides is 2. The molecule has 0 spiro atoms. The molecular weight excluding hydrogens is 426 g/mol. The lowest BCUT2D eigenvalue weighted by molar-refractivity contribution is -0.141. The Hall–Kier alpha value is -2.86. The minimum absolute atomic E-state index is 0.0557. The van der Waals surface area contributed by atoms with Crippen molar-refractivity contribution in [3.8, 4) is 5.75 Å². The monoisotopic (exact) mass is 455 g/mol. The lowest BCUT2D eigenvalue weighted by Crippen LogP contribution is -2.40. The number of para-hydroxylation sites is 1. The molecule has 7 heteroatoms. The van der Waals surface area contributed by atoms with Crippen LogP contribution in [0.25, 0.3) is 0 Å². The first-order valence-corrected chi connectivity index (χ1v) is 11.0. The van der Waals surface area contributed by atoms with E-state index in [1.807, 2.05) is 63.2 Å². The molecule has 2 aromatic carbocycles. The maximum atomic E-state index is 13.3. The number of carbonyl (C=O) groups excluding carboxylic acids is 2. The number of hydrogen-bond donors (Lipinski definition) is 0. The van der Waals surface area contributed by atoms with E-state index in [2.05, 4.69) is 5.10 Å². The van der Waals surface area contributed by atoms with Crippen molar-refractivity contribution in [1.82, 2.24) is 9.91 Å². The molecule has 32 heavy (non-hydrogen) atoms. The van der Waals surface area contributed by atoms with E-state index in [1.165, 1.54) is 9.91 Å². The third-order valence-corrected chi connectivity index (χ3v) is 5.66. The van der Waals surface area contributed by atoms with Crippen LogP contribution >= 0.6 is 11.6 Å². The maximum absolute atomic E-state index is 13.3. The zero-order chi connectivity index (χ0) is 23.5. The van der Waals surface area contributed by atoms with Crippen LogP contribution in [0.1, 0.15) is 50.8 Å². The Morgan fingerprint density at radius 3 is 2.47 bits per heavy atom. The summed E-state index contributed by atoms with van der Waals surface area (Å²) in [5, 5.41) is 6.71. The number of nitrogens with zero attached hydrogens (tertiary/aromatic N) is 3. The Balaban J connectivity index is 1.91. The summed E-state index contributed by atoms with van der Waals surface area (Å²) in [6.07, 6.45) is 0.857. The van der Waals surface area contributed by atoms with Gasteiger partial charge in [-0.2, -0.15) is 5.10 Å². The fourth-order valence-electron chi connectivity index (χ4n) is 3.73. The number of methoxy groups -OCH3 is 1. The zero-order valence-electron chi connectivity index (χ0n) is 19.3. The Morgan fingerprint density at radius 2 is 1.81 bits per heavy atom. The summed E-state index contributed by atoms with van der Waals surface area (Å²) < 4.78 is 5.55. The van der Waals surface area contributed by atoms with Crippen LogP contribution in [0.4, 0.5) is 0 Å². The highest BCUT2D eigenvalue weighted by Crippen LogP contribution is 2.38. The van der Waals surface area contributed by atoms with Gasteiger partial charge in [-0.05, 0) is 17.5 Å². The number of likely N-dealkylation sites (N-methyl/N-ethyl adjacent to an activating group) is 1. The van der Waals surface area contributed by atoms with E-state index in [9.17, 15) is 9.59 Å². The Labute approximate surface area is 194 Å². The van der Waals surface area contributed by atoms with Crippen molar-refractivity contribution in [3.63, 3.8) is 0 Å². The van der Waals surface area contributed by atoms with Crippen molar-refractivity contribution >= 4 is 29.1 Å². The molecule has 0 aromatic heterocycles. The SMILES string of the molecule is COc1ccccc1[C@H]1CC(c2ccccc2Cl)=NN1C(=O)CN(C)C(=O)CC(C)(C)C. The number of hydrogen-bond acceptors (Lipinski definition) is 4. The molecule has 3 rings (SSSR count). The lowest BCUT2D eigenvalue weighted by atomic mass is 9.92. The van der Waals surface area contributed by atoms with Crippen LogP contribution in [-0.2, 0) is 9.59 Å². The number of hydrazone groups is 1. The lowest BCUT2D eigenvalue weighted by Gasteiger charge is -2.27. The Kier molecular flexibility index (Phi) is 7.24. The van der Waals surface area contributed by atoms with Gasteiger partial charge < -0.3 is 9.64 Å². The minimum Gasteiger partial charge on any atom is -0.496 e. The molecule has 2 amide bonds. The molecule has 6 nitrogen and oxygen atoms in total. The highest BCUT2D eigenvalue weighted by Gasteiger charge is 2.36. The van der Waals surface area contributed by atoms with Crippen molar-refractivity contribution in [2.24, 2.45) is 10.5 Å². The average molecular weight is 456 g/mol. The second kappa shape index (κ2) is 9.74. The molecule has 0 unspecified atom stereocenters. The summed E-state index contributed by atoms with van der Waals surface area (Å²) in [4.78, 5) is 27.4. The van der Waals surface area contributed by atoms with Gasteiger partial charge in [0.15, 0.2) is 0 Å². The van der Waals surface area contributed by atoms with Crippen molar-refractivity contribution in [2.75, 3.05) is 20.7 Å². The zero-order valence-corrected chi connectivity index (χ0v) is 20.0. The second-order valence-corrected chi connectivity index (χ2v) is 9.62. The van der Waals surface area contributed by atoms with Gasteiger partial charge in [0.25, 0.3) is 5.91 Å². The summed E-state index contributed by atoms with van der Waals surface area (Å²) in [6.45, 7) is 5.94. The molecule has 1 heterocycles.